The largest absolute Gasteiger partial charge is 0.497 e. The number of nitrogens with one attached hydrogen (secondary N) is 2. The molecule has 5 heteroatoms. The van der Waals surface area contributed by atoms with E-state index in [0.29, 0.717) is 6.54 Å². The standard InChI is InChI=1S/C18H22N2O3/c1-22-12-4-5-16-14(9-12)15(11-19-16)18(6-7-18)17(21)20-10-13-3-2-8-23-13/h4-5,9,11,13,19H,2-3,6-8,10H2,1H3,(H,20,21). The molecule has 1 saturated heterocycles. The molecular weight excluding hydrogens is 292 g/mol. The molecule has 1 aromatic heterocycles. The number of carbonyl (C=O) groups is 1. The van der Waals surface area contributed by atoms with Crippen molar-refractivity contribution in [3.63, 3.8) is 0 Å². The molecule has 1 atom stereocenters. The second-order valence-corrected chi connectivity index (χ2v) is 6.54. The maximum Gasteiger partial charge on any atom is 0.230 e. The Balaban J connectivity index is 1.57. The number of H-pyrrole nitrogens is 1. The minimum atomic E-state index is -0.386. The van der Waals surface area contributed by atoms with E-state index in [-0.39, 0.29) is 17.4 Å². The summed E-state index contributed by atoms with van der Waals surface area (Å²) in [6.07, 6.45) is 6.08. The highest BCUT2D eigenvalue weighted by Crippen LogP contribution is 2.51. The maximum absolute atomic E-state index is 12.8. The second kappa shape index (κ2) is 5.57. The molecule has 1 aliphatic carbocycles. The van der Waals surface area contributed by atoms with Crippen LogP contribution in [0.15, 0.2) is 24.4 Å². The molecule has 23 heavy (non-hydrogen) atoms. The van der Waals surface area contributed by atoms with E-state index in [1.807, 2.05) is 24.4 Å². The zero-order valence-corrected chi connectivity index (χ0v) is 13.4. The molecule has 0 spiro atoms. The number of aromatic nitrogens is 1. The van der Waals surface area contributed by atoms with E-state index < -0.39 is 0 Å². The SMILES string of the molecule is COc1ccc2[nH]cc(C3(C(=O)NCC4CCCO4)CC3)c2c1. The molecule has 1 amide bonds. The first-order valence-electron chi connectivity index (χ1n) is 8.28. The predicted octanol–water partition coefficient (Wildman–Crippen LogP) is 2.50. The highest BCUT2D eigenvalue weighted by molar-refractivity contribution is 5.98. The molecule has 4 rings (SSSR count). The van der Waals surface area contributed by atoms with Gasteiger partial charge in [-0.3, -0.25) is 4.79 Å². The van der Waals surface area contributed by atoms with Crippen molar-refractivity contribution < 1.29 is 14.3 Å². The van der Waals surface area contributed by atoms with Gasteiger partial charge < -0.3 is 19.8 Å². The van der Waals surface area contributed by atoms with Gasteiger partial charge in [-0.2, -0.15) is 0 Å². The Hall–Kier alpha value is -2.01. The van der Waals surface area contributed by atoms with Crippen LogP contribution in [0.2, 0.25) is 0 Å². The molecule has 5 nitrogen and oxygen atoms in total. The lowest BCUT2D eigenvalue weighted by Gasteiger charge is -2.17. The Morgan fingerprint density at radius 2 is 2.35 bits per heavy atom. The lowest BCUT2D eigenvalue weighted by Crippen LogP contribution is -2.39. The monoisotopic (exact) mass is 314 g/mol. The molecule has 2 fully saturated rings. The van der Waals surface area contributed by atoms with Crippen LogP contribution in [0.3, 0.4) is 0 Å². The molecule has 0 bridgehead atoms. The van der Waals surface area contributed by atoms with Gasteiger partial charge in [0.1, 0.15) is 5.75 Å². The van der Waals surface area contributed by atoms with Crippen LogP contribution in [0.5, 0.6) is 5.75 Å². The molecule has 2 N–H and O–H groups in total. The van der Waals surface area contributed by atoms with E-state index in [2.05, 4.69) is 10.3 Å². The summed E-state index contributed by atoms with van der Waals surface area (Å²) in [4.78, 5) is 16.0. The van der Waals surface area contributed by atoms with Crippen LogP contribution in [-0.4, -0.2) is 37.3 Å². The van der Waals surface area contributed by atoms with Crippen molar-refractivity contribution in [2.45, 2.75) is 37.2 Å². The molecule has 1 aromatic carbocycles. The minimum absolute atomic E-state index is 0.122. The van der Waals surface area contributed by atoms with Gasteiger partial charge >= 0.3 is 0 Å². The lowest BCUT2D eigenvalue weighted by molar-refractivity contribution is -0.124. The fraction of sp³-hybridized carbons (Fsp3) is 0.500. The van der Waals surface area contributed by atoms with Crippen LogP contribution in [0.25, 0.3) is 10.9 Å². The van der Waals surface area contributed by atoms with Crippen LogP contribution in [-0.2, 0) is 14.9 Å². The fourth-order valence-electron chi connectivity index (χ4n) is 3.55. The summed E-state index contributed by atoms with van der Waals surface area (Å²) < 4.78 is 10.9. The van der Waals surface area contributed by atoms with Crippen LogP contribution < -0.4 is 10.1 Å². The number of fused-ring (bicyclic) bond motifs is 1. The number of aromatic amines is 1. The third kappa shape index (κ3) is 2.49. The van der Waals surface area contributed by atoms with Crippen LogP contribution in [0, 0.1) is 0 Å². The summed E-state index contributed by atoms with van der Waals surface area (Å²) in [6.45, 7) is 1.43. The highest BCUT2D eigenvalue weighted by Gasteiger charge is 2.52. The fourth-order valence-corrected chi connectivity index (χ4v) is 3.55. The third-order valence-electron chi connectivity index (χ3n) is 5.10. The molecule has 122 valence electrons. The van der Waals surface area contributed by atoms with E-state index in [1.165, 1.54) is 0 Å². The molecule has 2 aromatic rings. The topological polar surface area (TPSA) is 63.4 Å². The predicted molar refractivity (Wildman–Crippen MR) is 87.7 cm³/mol. The van der Waals surface area contributed by atoms with Gasteiger partial charge in [0, 0.05) is 30.3 Å². The van der Waals surface area contributed by atoms with Crippen LogP contribution in [0.4, 0.5) is 0 Å². The minimum Gasteiger partial charge on any atom is -0.497 e. The van der Waals surface area contributed by atoms with Crippen LogP contribution >= 0.6 is 0 Å². The van der Waals surface area contributed by atoms with E-state index in [0.717, 1.165) is 54.5 Å². The summed E-state index contributed by atoms with van der Waals surface area (Å²) in [6, 6.07) is 5.94. The number of rotatable bonds is 5. The number of benzene rings is 1. The molecular formula is C18H22N2O3. The van der Waals surface area contributed by atoms with E-state index >= 15 is 0 Å². The molecule has 2 aliphatic rings. The second-order valence-electron chi connectivity index (χ2n) is 6.54. The Labute approximate surface area is 135 Å². The van der Waals surface area contributed by atoms with E-state index in [4.69, 9.17) is 9.47 Å². The average molecular weight is 314 g/mol. The van der Waals surface area contributed by atoms with Crippen molar-refractivity contribution in [1.29, 1.82) is 0 Å². The number of methoxy groups -OCH3 is 1. The molecule has 0 radical (unpaired) electrons. The van der Waals surface area contributed by atoms with Crippen LogP contribution in [0.1, 0.15) is 31.2 Å². The molecule has 2 heterocycles. The molecule has 1 aliphatic heterocycles. The van der Waals surface area contributed by atoms with Crippen molar-refractivity contribution in [3.8, 4) is 5.75 Å². The number of amides is 1. The van der Waals surface area contributed by atoms with Gasteiger partial charge in [-0.1, -0.05) is 0 Å². The normalized spacial score (nSPS) is 22.2. The first-order chi connectivity index (χ1) is 11.2. The summed E-state index contributed by atoms with van der Waals surface area (Å²) >= 11 is 0. The Morgan fingerprint density at radius 3 is 3.04 bits per heavy atom. The molecule has 1 saturated carbocycles. The number of hydrogen-bond donors (Lipinski definition) is 2. The van der Waals surface area contributed by atoms with Crippen molar-refractivity contribution in [2.75, 3.05) is 20.3 Å². The molecule has 1 unspecified atom stereocenters. The smallest absolute Gasteiger partial charge is 0.230 e. The zero-order valence-electron chi connectivity index (χ0n) is 13.4. The van der Waals surface area contributed by atoms with Crippen molar-refractivity contribution in [2.24, 2.45) is 0 Å². The summed E-state index contributed by atoms with van der Waals surface area (Å²) in [7, 11) is 1.66. The quantitative estimate of drug-likeness (QED) is 0.891. The van der Waals surface area contributed by atoms with E-state index in [9.17, 15) is 4.79 Å². The van der Waals surface area contributed by atoms with Gasteiger partial charge in [-0.25, -0.2) is 0 Å². The Bertz CT molecular complexity index is 727. The van der Waals surface area contributed by atoms with Gasteiger partial charge in [0.05, 0.1) is 18.6 Å². The summed E-state index contributed by atoms with van der Waals surface area (Å²) in [5.74, 6) is 0.936. The first-order valence-corrected chi connectivity index (χ1v) is 8.28. The summed E-state index contributed by atoms with van der Waals surface area (Å²) in [5, 5.41) is 4.18. The van der Waals surface area contributed by atoms with Gasteiger partial charge in [0.25, 0.3) is 0 Å². The summed E-state index contributed by atoms with van der Waals surface area (Å²) in [5.41, 5.74) is 1.73. The average Bonchev–Trinajstić information content (AvgIpc) is 3.03. The maximum atomic E-state index is 12.8. The van der Waals surface area contributed by atoms with Gasteiger partial charge in [0.15, 0.2) is 0 Å². The Kier molecular flexibility index (Phi) is 3.53. The van der Waals surface area contributed by atoms with Crippen molar-refractivity contribution in [1.82, 2.24) is 10.3 Å². The number of hydrogen-bond acceptors (Lipinski definition) is 3. The van der Waals surface area contributed by atoms with Gasteiger partial charge in [-0.15, -0.1) is 0 Å². The van der Waals surface area contributed by atoms with Gasteiger partial charge in [0.2, 0.25) is 5.91 Å². The highest BCUT2D eigenvalue weighted by atomic mass is 16.5. The van der Waals surface area contributed by atoms with Crippen molar-refractivity contribution >= 4 is 16.8 Å². The zero-order chi connectivity index (χ0) is 15.9. The van der Waals surface area contributed by atoms with Crippen molar-refractivity contribution in [3.05, 3.63) is 30.0 Å². The number of ether oxygens (including phenoxy) is 2. The third-order valence-corrected chi connectivity index (χ3v) is 5.10. The Morgan fingerprint density at radius 1 is 1.48 bits per heavy atom. The first kappa shape index (κ1) is 14.6. The lowest BCUT2D eigenvalue weighted by atomic mass is 9.94. The number of carbonyl (C=O) groups excluding carboxylic acids is 1. The van der Waals surface area contributed by atoms with Gasteiger partial charge in [-0.05, 0) is 49.4 Å². The van der Waals surface area contributed by atoms with E-state index in [1.54, 1.807) is 7.11 Å².